The van der Waals surface area contributed by atoms with Crippen LogP contribution in [-0.4, -0.2) is 50.9 Å². The first-order valence-electron chi connectivity index (χ1n) is 10.6. The molecular formula is C22H28F2N4O2. The summed E-state index contributed by atoms with van der Waals surface area (Å²) in [6.07, 6.45) is 5.42. The number of hydrogen-bond donors (Lipinski definition) is 2. The van der Waals surface area contributed by atoms with Crippen LogP contribution in [0.25, 0.3) is 0 Å². The third kappa shape index (κ3) is 5.30. The van der Waals surface area contributed by atoms with E-state index in [4.69, 9.17) is 14.1 Å². The number of benzene rings is 1. The molecule has 0 radical (unpaired) electrons. The van der Waals surface area contributed by atoms with E-state index >= 15 is 0 Å². The number of anilines is 1. The number of guanidine groups is 1. The van der Waals surface area contributed by atoms with Crippen molar-refractivity contribution < 1.29 is 17.9 Å². The monoisotopic (exact) mass is 418 g/mol. The predicted molar refractivity (Wildman–Crippen MR) is 112 cm³/mol. The fourth-order valence-corrected chi connectivity index (χ4v) is 3.96. The van der Waals surface area contributed by atoms with Gasteiger partial charge in [0.2, 0.25) is 0 Å². The van der Waals surface area contributed by atoms with E-state index in [1.807, 2.05) is 12.1 Å². The number of ether oxygens (including phenoxy) is 1. The van der Waals surface area contributed by atoms with Crippen LogP contribution in [0.3, 0.4) is 0 Å². The van der Waals surface area contributed by atoms with Crippen LogP contribution in [0.1, 0.15) is 25.0 Å². The fraction of sp³-hybridized carbons (Fsp3) is 0.500. The first kappa shape index (κ1) is 20.7. The minimum atomic E-state index is -0.528. The number of nitrogens with one attached hydrogen (secondary N) is 2. The van der Waals surface area contributed by atoms with E-state index in [1.165, 1.54) is 18.2 Å². The number of nitrogens with zero attached hydrogens (tertiary/aromatic N) is 2. The zero-order chi connectivity index (χ0) is 20.8. The molecule has 3 heterocycles. The molecule has 2 N–H and O–H groups in total. The van der Waals surface area contributed by atoms with Gasteiger partial charge in [0.05, 0.1) is 18.9 Å². The molecule has 2 saturated heterocycles. The molecule has 0 amide bonds. The number of aliphatic imine (C=N–C) groups is 1. The van der Waals surface area contributed by atoms with Crippen LogP contribution >= 0.6 is 0 Å². The van der Waals surface area contributed by atoms with Crippen molar-refractivity contribution >= 4 is 11.6 Å². The molecule has 2 fully saturated rings. The van der Waals surface area contributed by atoms with Gasteiger partial charge in [-0.1, -0.05) is 6.07 Å². The first-order chi connectivity index (χ1) is 14.7. The van der Waals surface area contributed by atoms with Gasteiger partial charge in [-0.3, -0.25) is 4.99 Å². The van der Waals surface area contributed by atoms with Crippen LogP contribution in [0.5, 0.6) is 0 Å². The fourth-order valence-electron chi connectivity index (χ4n) is 3.96. The Morgan fingerprint density at radius 2 is 2.03 bits per heavy atom. The summed E-state index contributed by atoms with van der Waals surface area (Å²) in [7, 11) is 0. The quantitative estimate of drug-likeness (QED) is 0.535. The molecule has 1 aromatic carbocycles. The van der Waals surface area contributed by atoms with Gasteiger partial charge in [0.1, 0.15) is 23.1 Å². The zero-order valence-electron chi connectivity index (χ0n) is 16.9. The van der Waals surface area contributed by atoms with Crippen LogP contribution in [-0.2, 0) is 11.2 Å². The van der Waals surface area contributed by atoms with Crippen LogP contribution in [0, 0.1) is 11.6 Å². The third-order valence-corrected chi connectivity index (χ3v) is 5.50. The van der Waals surface area contributed by atoms with Crippen LogP contribution < -0.4 is 15.5 Å². The Hall–Kier alpha value is -2.61. The summed E-state index contributed by atoms with van der Waals surface area (Å²) in [6.45, 7) is 3.15. The molecule has 162 valence electrons. The summed E-state index contributed by atoms with van der Waals surface area (Å²) in [5.41, 5.74) is 0.0467. The van der Waals surface area contributed by atoms with Crippen molar-refractivity contribution in [2.24, 2.45) is 4.99 Å². The summed E-state index contributed by atoms with van der Waals surface area (Å²) >= 11 is 0. The lowest BCUT2D eigenvalue weighted by Gasteiger charge is -2.21. The van der Waals surface area contributed by atoms with Gasteiger partial charge in [0.25, 0.3) is 0 Å². The summed E-state index contributed by atoms with van der Waals surface area (Å²) < 4.78 is 39.3. The van der Waals surface area contributed by atoms with Gasteiger partial charge >= 0.3 is 0 Å². The average Bonchev–Trinajstić information content (AvgIpc) is 3.49. The summed E-state index contributed by atoms with van der Waals surface area (Å²) in [5, 5.41) is 6.77. The van der Waals surface area contributed by atoms with Gasteiger partial charge < -0.3 is 24.7 Å². The maximum Gasteiger partial charge on any atom is 0.191 e. The van der Waals surface area contributed by atoms with Crippen LogP contribution in [0.2, 0.25) is 0 Å². The summed E-state index contributed by atoms with van der Waals surface area (Å²) in [5.74, 6) is 0.542. The van der Waals surface area contributed by atoms with Crippen molar-refractivity contribution in [2.45, 2.75) is 37.8 Å². The molecule has 0 spiro atoms. The van der Waals surface area contributed by atoms with E-state index in [-0.39, 0.29) is 17.8 Å². The van der Waals surface area contributed by atoms with Gasteiger partial charge in [0.15, 0.2) is 5.96 Å². The molecule has 30 heavy (non-hydrogen) atoms. The normalized spacial score (nSPS) is 21.9. The van der Waals surface area contributed by atoms with Gasteiger partial charge in [-0.25, -0.2) is 8.78 Å². The van der Waals surface area contributed by atoms with E-state index < -0.39 is 11.6 Å². The number of hydrogen-bond acceptors (Lipinski definition) is 4. The van der Waals surface area contributed by atoms with Crippen LogP contribution in [0.4, 0.5) is 14.5 Å². The molecule has 0 bridgehead atoms. The lowest BCUT2D eigenvalue weighted by molar-refractivity contribution is 0.117. The van der Waals surface area contributed by atoms with Gasteiger partial charge in [-0.05, 0) is 43.5 Å². The second kappa shape index (κ2) is 9.93. The molecule has 2 atom stereocenters. The summed E-state index contributed by atoms with van der Waals surface area (Å²) in [4.78, 5) is 6.45. The van der Waals surface area contributed by atoms with E-state index in [2.05, 4.69) is 10.6 Å². The number of para-hydroxylation sites is 1. The number of furan rings is 1. The van der Waals surface area contributed by atoms with E-state index in [0.29, 0.717) is 32.1 Å². The van der Waals surface area contributed by atoms with Gasteiger partial charge in [-0.15, -0.1) is 0 Å². The SMILES string of the molecule is Fc1cccc(F)c1N1CCC(NC(=NCC2CCCO2)NCCc2ccco2)C1. The Morgan fingerprint density at radius 3 is 2.77 bits per heavy atom. The maximum absolute atomic E-state index is 14.1. The van der Waals surface area contributed by atoms with Gasteiger partial charge in [0, 0.05) is 38.7 Å². The highest BCUT2D eigenvalue weighted by molar-refractivity contribution is 5.80. The smallest absolute Gasteiger partial charge is 0.191 e. The largest absolute Gasteiger partial charge is 0.469 e. The van der Waals surface area contributed by atoms with Crippen molar-refractivity contribution in [3.05, 3.63) is 54.0 Å². The molecule has 2 aliphatic rings. The number of halogens is 2. The highest BCUT2D eigenvalue weighted by Crippen LogP contribution is 2.26. The lowest BCUT2D eigenvalue weighted by Crippen LogP contribution is -2.45. The molecular weight excluding hydrogens is 390 g/mol. The van der Waals surface area contributed by atoms with Gasteiger partial charge in [-0.2, -0.15) is 0 Å². The van der Waals surface area contributed by atoms with Crippen LogP contribution in [0.15, 0.2) is 46.0 Å². The van der Waals surface area contributed by atoms with E-state index in [1.54, 1.807) is 11.2 Å². The minimum absolute atomic E-state index is 0.0448. The third-order valence-electron chi connectivity index (χ3n) is 5.50. The Bertz CT molecular complexity index is 817. The Kier molecular flexibility index (Phi) is 6.84. The second-order valence-corrected chi connectivity index (χ2v) is 7.73. The topological polar surface area (TPSA) is 62.0 Å². The average molecular weight is 418 g/mol. The van der Waals surface area contributed by atoms with Crippen molar-refractivity contribution in [2.75, 3.05) is 37.7 Å². The molecule has 1 aromatic heterocycles. The molecule has 8 heteroatoms. The minimum Gasteiger partial charge on any atom is -0.469 e. The Balaban J connectivity index is 1.36. The van der Waals surface area contributed by atoms with E-state index in [0.717, 1.165) is 38.1 Å². The van der Waals surface area contributed by atoms with Crippen molar-refractivity contribution in [1.29, 1.82) is 0 Å². The standard InChI is InChI=1S/C22H28F2N4O2/c23-19-6-1-7-20(24)21(19)28-11-9-16(15-28)27-22(26-14-18-5-3-13-30-18)25-10-8-17-4-2-12-29-17/h1-2,4,6-7,12,16,18H,3,5,8-11,13-15H2,(H2,25,26,27). The molecule has 2 aliphatic heterocycles. The number of rotatable bonds is 7. The molecule has 2 aromatic rings. The lowest BCUT2D eigenvalue weighted by atomic mass is 10.2. The zero-order valence-corrected chi connectivity index (χ0v) is 16.9. The molecule has 2 unspecified atom stereocenters. The molecule has 0 saturated carbocycles. The highest BCUT2D eigenvalue weighted by atomic mass is 19.1. The molecule has 4 rings (SSSR count). The Labute approximate surface area is 175 Å². The second-order valence-electron chi connectivity index (χ2n) is 7.73. The van der Waals surface area contributed by atoms with E-state index in [9.17, 15) is 8.78 Å². The Morgan fingerprint density at radius 1 is 1.17 bits per heavy atom. The van der Waals surface area contributed by atoms with Crippen molar-refractivity contribution in [1.82, 2.24) is 10.6 Å². The first-order valence-corrected chi connectivity index (χ1v) is 10.6. The van der Waals surface area contributed by atoms with Crippen molar-refractivity contribution in [3.8, 4) is 0 Å². The molecule has 0 aliphatic carbocycles. The molecule has 6 nitrogen and oxygen atoms in total. The summed E-state index contributed by atoms with van der Waals surface area (Å²) in [6, 6.07) is 7.83. The highest BCUT2D eigenvalue weighted by Gasteiger charge is 2.27. The maximum atomic E-state index is 14.1. The van der Waals surface area contributed by atoms with Crippen molar-refractivity contribution in [3.63, 3.8) is 0 Å². The predicted octanol–water partition coefficient (Wildman–Crippen LogP) is 3.09.